The Hall–Kier alpha value is -2.18. The van der Waals surface area contributed by atoms with Gasteiger partial charge in [0.1, 0.15) is 0 Å². The molecule has 0 saturated heterocycles. The highest BCUT2D eigenvalue weighted by Crippen LogP contribution is 2.20. The number of nitrogens with one attached hydrogen (secondary N) is 1. The number of rotatable bonds is 75. The van der Waals surface area contributed by atoms with Gasteiger partial charge in [-0.25, -0.2) is 0 Å². The first-order valence-electron chi connectivity index (χ1n) is 39.9. The van der Waals surface area contributed by atoms with E-state index in [0.29, 0.717) is 25.9 Å². The van der Waals surface area contributed by atoms with Gasteiger partial charge in [0.25, 0.3) is 0 Å². The summed E-state index contributed by atoms with van der Waals surface area (Å²) < 4.78 is 5.49. The number of hydrogen-bond donors (Lipinski definition) is 3. The highest BCUT2D eigenvalue weighted by Gasteiger charge is 2.20. The van der Waals surface area contributed by atoms with Gasteiger partial charge in [-0.3, -0.25) is 9.59 Å². The summed E-state index contributed by atoms with van der Waals surface area (Å²) in [5.74, 6) is -0.0292. The quantitative estimate of drug-likeness (QED) is 0.0320. The van der Waals surface area contributed by atoms with Crippen molar-refractivity contribution in [2.45, 2.75) is 450 Å². The molecule has 0 radical (unpaired) electrons. The van der Waals surface area contributed by atoms with Crippen LogP contribution in [0.1, 0.15) is 438 Å². The summed E-state index contributed by atoms with van der Waals surface area (Å²) in [4.78, 5) is 24.7. The maximum atomic E-state index is 12.6. The fraction of sp³-hybridized carbons (Fsp3) is 0.878. The fourth-order valence-corrected chi connectivity index (χ4v) is 12.5. The molecule has 0 rings (SSSR count). The molecule has 1 amide bonds. The third-order valence-corrected chi connectivity index (χ3v) is 18.6. The monoisotopic (exact) mass is 1230 g/mol. The van der Waals surface area contributed by atoms with Crippen LogP contribution in [0.4, 0.5) is 0 Å². The molecule has 0 spiro atoms. The summed E-state index contributed by atoms with van der Waals surface area (Å²) in [5.41, 5.74) is 0. The molecule has 6 heteroatoms. The second-order valence-corrected chi connectivity index (χ2v) is 27.4. The Bertz CT molecular complexity index is 1470. The van der Waals surface area contributed by atoms with E-state index in [2.05, 4.69) is 67.8 Å². The number of unbranched alkanes of at least 4 members (excludes halogenated alkanes) is 56. The van der Waals surface area contributed by atoms with Gasteiger partial charge in [0, 0.05) is 12.8 Å². The Morgan fingerprint density at radius 3 is 0.875 bits per heavy atom. The first kappa shape index (κ1) is 85.8. The van der Waals surface area contributed by atoms with Crippen LogP contribution in [0.15, 0.2) is 48.6 Å². The largest absolute Gasteiger partial charge is 0.466 e. The minimum atomic E-state index is -0.666. The lowest BCUT2D eigenvalue weighted by Gasteiger charge is -2.22. The zero-order valence-electron chi connectivity index (χ0n) is 59.5. The summed E-state index contributed by atoms with van der Waals surface area (Å²) in [6.45, 7) is 4.97. The topological polar surface area (TPSA) is 95.9 Å². The molecule has 0 saturated carbocycles. The Kier molecular flexibility index (Phi) is 75.4. The minimum absolute atomic E-state index is 0.000231. The van der Waals surface area contributed by atoms with E-state index in [1.165, 1.54) is 347 Å². The number of hydrogen-bond acceptors (Lipinski definition) is 5. The lowest BCUT2D eigenvalue weighted by atomic mass is 10.0. The van der Waals surface area contributed by atoms with E-state index in [0.717, 1.165) is 57.8 Å². The first-order valence-corrected chi connectivity index (χ1v) is 39.9. The molecule has 6 nitrogen and oxygen atoms in total. The lowest BCUT2D eigenvalue weighted by molar-refractivity contribution is -0.143. The molecule has 0 aliphatic rings. The number of carbonyl (C=O) groups is 2. The van der Waals surface area contributed by atoms with E-state index in [1.54, 1.807) is 0 Å². The summed E-state index contributed by atoms with van der Waals surface area (Å²) in [5, 5.41) is 23.5. The number of amides is 1. The van der Waals surface area contributed by atoms with Crippen LogP contribution in [0.3, 0.4) is 0 Å². The molecule has 0 aromatic heterocycles. The predicted octanol–water partition coefficient (Wildman–Crippen LogP) is 26.4. The summed E-state index contributed by atoms with van der Waals surface area (Å²) in [6.07, 6.45) is 102. The number of esters is 1. The van der Waals surface area contributed by atoms with Crippen molar-refractivity contribution < 1.29 is 24.5 Å². The van der Waals surface area contributed by atoms with Crippen LogP contribution >= 0.6 is 0 Å². The molecule has 88 heavy (non-hydrogen) atoms. The van der Waals surface area contributed by atoms with Crippen molar-refractivity contribution in [3.63, 3.8) is 0 Å². The highest BCUT2D eigenvalue weighted by atomic mass is 16.5. The molecule has 2 unspecified atom stereocenters. The highest BCUT2D eigenvalue weighted by molar-refractivity contribution is 5.76. The van der Waals surface area contributed by atoms with Crippen molar-refractivity contribution in [1.29, 1.82) is 0 Å². The van der Waals surface area contributed by atoms with Crippen LogP contribution in [0.25, 0.3) is 0 Å². The number of allylic oxidation sites excluding steroid dienone is 8. The van der Waals surface area contributed by atoms with Crippen molar-refractivity contribution >= 4 is 11.9 Å². The maximum absolute atomic E-state index is 12.6. The zero-order valence-corrected chi connectivity index (χ0v) is 59.5. The van der Waals surface area contributed by atoms with Gasteiger partial charge < -0.3 is 20.3 Å². The van der Waals surface area contributed by atoms with E-state index >= 15 is 0 Å². The molecule has 3 N–H and O–H groups in total. The van der Waals surface area contributed by atoms with Crippen molar-refractivity contribution in [1.82, 2.24) is 5.32 Å². The van der Waals surface area contributed by atoms with E-state index in [9.17, 15) is 19.8 Å². The van der Waals surface area contributed by atoms with E-state index in [4.69, 9.17) is 4.74 Å². The molecule has 2 atom stereocenters. The zero-order chi connectivity index (χ0) is 63.5. The average molecular weight is 1240 g/mol. The van der Waals surface area contributed by atoms with Crippen molar-refractivity contribution in [3.05, 3.63) is 48.6 Å². The van der Waals surface area contributed by atoms with Gasteiger partial charge in [-0.1, -0.05) is 383 Å². The number of carbonyl (C=O) groups excluding carboxylic acids is 2. The molecule has 0 aromatic carbocycles. The van der Waals surface area contributed by atoms with Crippen molar-refractivity contribution in [3.8, 4) is 0 Å². The van der Waals surface area contributed by atoms with E-state index in [1.807, 2.05) is 0 Å². The van der Waals surface area contributed by atoms with Crippen LogP contribution in [-0.4, -0.2) is 47.4 Å². The predicted molar refractivity (Wildman–Crippen MR) is 389 cm³/mol. The van der Waals surface area contributed by atoms with Gasteiger partial charge in [0.05, 0.1) is 25.4 Å². The molecule has 0 aromatic rings. The summed E-state index contributed by atoms with van der Waals surface area (Å²) >= 11 is 0. The van der Waals surface area contributed by atoms with E-state index in [-0.39, 0.29) is 18.5 Å². The number of aliphatic hydroxyl groups is 2. The van der Waals surface area contributed by atoms with Gasteiger partial charge in [0.2, 0.25) is 5.91 Å². The smallest absolute Gasteiger partial charge is 0.305 e. The van der Waals surface area contributed by atoms with Crippen LogP contribution in [0, 0.1) is 0 Å². The Morgan fingerprint density at radius 2 is 0.568 bits per heavy atom. The van der Waals surface area contributed by atoms with Gasteiger partial charge >= 0.3 is 5.97 Å². The Morgan fingerprint density at radius 1 is 0.318 bits per heavy atom. The molecule has 0 aliphatic carbocycles. The summed E-state index contributed by atoms with van der Waals surface area (Å²) in [6, 6.07) is -0.543. The fourth-order valence-electron chi connectivity index (χ4n) is 12.5. The second-order valence-electron chi connectivity index (χ2n) is 27.4. The van der Waals surface area contributed by atoms with Crippen LogP contribution in [-0.2, 0) is 14.3 Å². The van der Waals surface area contributed by atoms with Crippen LogP contribution in [0.2, 0.25) is 0 Å². The van der Waals surface area contributed by atoms with Crippen LogP contribution < -0.4 is 5.32 Å². The Labute approximate surface area is 550 Å². The van der Waals surface area contributed by atoms with Crippen LogP contribution in [0.5, 0.6) is 0 Å². The number of ether oxygens (including phenoxy) is 1. The van der Waals surface area contributed by atoms with Crippen molar-refractivity contribution in [2.75, 3.05) is 13.2 Å². The molecule has 518 valence electrons. The van der Waals surface area contributed by atoms with Crippen molar-refractivity contribution in [2.24, 2.45) is 0 Å². The SMILES string of the molecule is CCCCCC/C=C\C/C=C\CCCCCCCC(=O)OCCCCCCCCCCC/C=C\C/C=C\CCCCCCCCCCCCCCCCCC(=O)NC(CO)C(O)CCCCCCCCCCCCCCCCCCCCCCCCCC. The Balaban J connectivity index is 3.40. The normalized spacial score (nSPS) is 12.7. The molecular formula is C82H155NO5. The molecule has 0 aliphatic heterocycles. The standard InChI is InChI=1S/C82H155NO5/c1-3-5-7-9-11-13-15-17-19-21-22-23-24-34-37-40-43-46-50-54-58-62-66-70-74-80(85)79(78-84)83-81(86)75-71-67-63-59-55-51-47-44-41-38-35-32-30-28-26-25-27-29-31-33-36-39-42-45-49-53-57-61-65-69-73-77-88-82(87)76-72-68-64-60-56-52-48-20-18-16-14-12-10-8-6-4-2/h14,16,20,27,29,33,36,48,79-80,84-85H,3-13,15,17-19,21-26,28,30-32,34-35,37-47,49-78H2,1-2H3,(H,83,86)/b16-14-,29-27-,36-33-,48-20-. The summed E-state index contributed by atoms with van der Waals surface area (Å²) in [7, 11) is 0. The van der Waals surface area contributed by atoms with E-state index < -0.39 is 12.1 Å². The molecular weight excluding hydrogens is 1080 g/mol. The first-order chi connectivity index (χ1) is 43.5. The average Bonchev–Trinajstić information content (AvgIpc) is 3.57. The molecule has 0 fully saturated rings. The van der Waals surface area contributed by atoms with Gasteiger partial charge in [0.15, 0.2) is 0 Å². The second kappa shape index (κ2) is 77.3. The lowest BCUT2D eigenvalue weighted by Crippen LogP contribution is -2.45. The number of aliphatic hydroxyl groups excluding tert-OH is 2. The molecule has 0 heterocycles. The maximum Gasteiger partial charge on any atom is 0.305 e. The van der Waals surface area contributed by atoms with Gasteiger partial charge in [-0.2, -0.15) is 0 Å². The molecule has 0 bridgehead atoms. The van der Waals surface area contributed by atoms with Gasteiger partial charge in [-0.05, 0) is 89.9 Å². The minimum Gasteiger partial charge on any atom is -0.466 e. The third-order valence-electron chi connectivity index (χ3n) is 18.6. The third kappa shape index (κ3) is 72.9. The van der Waals surface area contributed by atoms with Gasteiger partial charge in [-0.15, -0.1) is 0 Å².